The summed E-state index contributed by atoms with van der Waals surface area (Å²) in [5.74, 6) is 1.07. The van der Waals surface area contributed by atoms with Crippen LogP contribution in [0.3, 0.4) is 0 Å². The number of aromatic nitrogens is 3. The van der Waals surface area contributed by atoms with Crippen LogP contribution in [0.1, 0.15) is 32.0 Å². The summed E-state index contributed by atoms with van der Waals surface area (Å²) < 4.78 is 2.92. The average Bonchev–Trinajstić information content (AvgIpc) is 2.52. The molecule has 0 spiro atoms. The largest absolute Gasteiger partial charge is 0.302 e. The van der Waals surface area contributed by atoms with Gasteiger partial charge in [0.1, 0.15) is 5.82 Å². The van der Waals surface area contributed by atoms with Crippen LogP contribution in [-0.4, -0.2) is 39.3 Å². The lowest BCUT2D eigenvalue weighted by Gasteiger charge is -2.47. The van der Waals surface area contributed by atoms with E-state index in [1.54, 1.807) is 0 Å². The third kappa shape index (κ3) is 1.82. The second-order valence-electron chi connectivity index (χ2n) is 4.86. The number of hydrogen-bond donors (Lipinski definition) is 1. The van der Waals surface area contributed by atoms with Gasteiger partial charge in [-0.25, -0.2) is 0 Å². The number of hydrogen-bond acceptors (Lipinski definition) is 3. The van der Waals surface area contributed by atoms with Gasteiger partial charge in [-0.1, -0.05) is 6.92 Å². The van der Waals surface area contributed by atoms with Crippen molar-refractivity contribution < 1.29 is 0 Å². The molecule has 2 rings (SSSR count). The Balaban J connectivity index is 2.25. The molecular formula is C11H20N4S. The standard InChI is InChI=1S/C11H20N4S/c1-4-9-12-13-10(16)15(9)8-11(14(2)3)6-5-7-11/h4-8H2,1-3H3,(H,13,16). The van der Waals surface area contributed by atoms with E-state index in [1.165, 1.54) is 19.3 Å². The quantitative estimate of drug-likeness (QED) is 0.818. The van der Waals surface area contributed by atoms with E-state index in [0.29, 0.717) is 5.54 Å². The second kappa shape index (κ2) is 4.30. The van der Waals surface area contributed by atoms with Crippen LogP contribution in [0, 0.1) is 4.77 Å². The molecule has 0 atom stereocenters. The van der Waals surface area contributed by atoms with Gasteiger partial charge in [0.15, 0.2) is 4.77 Å². The van der Waals surface area contributed by atoms with Gasteiger partial charge >= 0.3 is 0 Å². The molecule has 1 N–H and O–H groups in total. The number of H-pyrrole nitrogens is 1. The maximum Gasteiger partial charge on any atom is 0.195 e. The van der Waals surface area contributed by atoms with Crippen molar-refractivity contribution >= 4 is 12.2 Å². The summed E-state index contributed by atoms with van der Waals surface area (Å²) >= 11 is 5.29. The van der Waals surface area contributed by atoms with E-state index in [-0.39, 0.29) is 0 Å². The van der Waals surface area contributed by atoms with Crippen molar-refractivity contribution in [1.29, 1.82) is 0 Å². The fourth-order valence-electron chi connectivity index (χ4n) is 2.41. The first kappa shape index (κ1) is 11.8. The number of likely N-dealkylation sites (N-methyl/N-ethyl adjacent to an activating group) is 1. The highest BCUT2D eigenvalue weighted by Crippen LogP contribution is 2.37. The molecule has 16 heavy (non-hydrogen) atoms. The average molecular weight is 240 g/mol. The van der Waals surface area contributed by atoms with Gasteiger partial charge in [0, 0.05) is 18.5 Å². The molecule has 1 aliphatic carbocycles. The zero-order valence-electron chi connectivity index (χ0n) is 10.3. The molecule has 1 aromatic rings. The van der Waals surface area contributed by atoms with Crippen molar-refractivity contribution in [3.05, 3.63) is 10.6 Å². The van der Waals surface area contributed by atoms with Crippen LogP contribution in [0.15, 0.2) is 0 Å². The van der Waals surface area contributed by atoms with Gasteiger partial charge in [-0.2, -0.15) is 5.10 Å². The van der Waals surface area contributed by atoms with Gasteiger partial charge in [-0.15, -0.1) is 0 Å². The number of rotatable bonds is 4. The summed E-state index contributed by atoms with van der Waals surface area (Å²) in [6.45, 7) is 3.09. The Bertz CT molecular complexity index is 414. The molecule has 0 unspecified atom stereocenters. The van der Waals surface area contributed by atoms with E-state index in [0.717, 1.165) is 23.6 Å². The summed E-state index contributed by atoms with van der Waals surface area (Å²) in [5.41, 5.74) is 0.298. The molecule has 1 heterocycles. The summed E-state index contributed by atoms with van der Waals surface area (Å²) in [7, 11) is 4.32. The Morgan fingerprint density at radius 1 is 1.50 bits per heavy atom. The Morgan fingerprint density at radius 2 is 2.19 bits per heavy atom. The molecule has 90 valence electrons. The van der Waals surface area contributed by atoms with Crippen molar-refractivity contribution in [1.82, 2.24) is 19.7 Å². The monoisotopic (exact) mass is 240 g/mol. The SMILES string of the molecule is CCc1n[nH]c(=S)n1CC1(N(C)C)CCC1. The van der Waals surface area contributed by atoms with Crippen LogP contribution >= 0.6 is 12.2 Å². The molecule has 0 amide bonds. The highest BCUT2D eigenvalue weighted by atomic mass is 32.1. The topological polar surface area (TPSA) is 36.9 Å². The molecule has 1 aliphatic rings. The van der Waals surface area contributed by atoms with Crippen LogP contribution < -0.4 is 0 Å². The van der Waals surface area contributed by atoms with E-state index in [1.807, 2.05) is 0 Å². The molecule has 0 aliphatic heterocycles. The molecule has 1 aromatic heterocycles. The molecular weight excluding hydrogens is 220 g/mol. The minimum Gasteiger partial charge on any atom is -0.302 e. The predicted molar refractivity (Wildman–Crippen MR) is 67.1 cm³/mol. The van der Waals surface area contributed by atoms with Crippen molar-refractivity contribution in [2.75, 3.05) is 14.1 Å². The molecule has 0 bridgehead atoms. The molecule has 0 radical (unpaired) electrons. The first-order valence-electron chi connectivity index (χ1n) is 5.90. The minimum absolute atomic E-state index is 0.298. The predicted octanol–water partition coefficient (Wildman–Crippen LogP) is 1.99. The van der Waals surface area contributed by atoms with Crippen LogP contribution in [0.5, 0.6) is 0 Å². The van der Waals surface area contributed by atoms with E-state index in [4.69, 9.17) is 12.2 Å². The molecule has 1 saturated carbocycles. The van der Waals surface area contributed by atoms with Crippen molar-refractivity contribution in [3.8, 4) is 0 Å². The fourth-order valence-corrected chi connectivity index (χ4v) is 2.62. The summed E-state index contributed by atoms with van der Waals surface area (Å²) in [6, 6.07) is 0. The lowest BCUT2D eigenvalue weighted by molar-refractivity contribution is 0.0412. The third-order valence-electron chi connectivity index (χ3n) is 3.84. The number of nitrogens with zero attached hydrogens (tertiary/aromatic N) is 3. The third-order valence-corrected chi connectivity index (χ3v) is 4.15. The van der Waals surface area contributed by atoms with Gasteiger partial charge in [0.25, 0.3) is 0 Å². The number of aromatic amines is 1. The van der Waals surface area contributed by atoms with Crippen molar-refractivity contribution in [3.63, 3.8) is 0 Å². The van der Waals surface area contributed by atoms with Crippen LogP contribution in [0.25, 0.3) is 0 Å². The zero-order chi connectivity index (χ0) is 11.8. The van der Waals surface area contributed by atoms with E-state index >= 15 is 0 Å². The van der Waals surface area contributed by atoms with Crippen LogP contribution in [0.4, 0.5) is 0 Å². The van der Waals surface area contributed by atoms with Crippen molar-refractivity contribution in [2.45, 2.75) is 44.7 Å². The first-order chi connectivity index (χ1) is 7.59. The minimum atomic E-state index is 0.298. The van der Waals surface area contributed by atoms with Gasteiger partial charge in [-0.3, -0.25) is 5.10 Å². The maximum absolute atomic E-state index is 5.29. The number of aryl methyl sites for hydroxylation is 1. The van der Waals surface area contributed by atoms with Crippen molar-refractivity contribution in [2.24, 2.45) is 0 Å². The normalized spacial score (nSPS) is 18.8. The summed E-state index contributed by atoms with van der Waals surface area (Å²) in [4.78, 5) is 2.34. The van der Waals surface area contributed by atoms with Gasteiger partial charge in [-0.05, 0) is 45.6 Å². The zero-order valence-corrected chi connectivity index (χ0v) is 11.1. The molecule has 4 nitrogen and oxygen atoms in total. The fraction of sp³-hybridized carbons (Fsp3) is 0.818. The summed E-state index contributed by atoms with van der Waals surface area (Å²) in [6.07, 6.45) is 4.77. The second-order valence-corrected chi connectivity index (χ2v) is 5.24. The summed E-state index contributed by atoms with van der Waals surface area (Å²) in [5, 5.41) is 7.16. The highest BCUT2D eigenvalue weighted by Gasteiger charge is 2.39. The Morgan fingerprint density at radius 3 is 2.62 bits per heavy atom. The molecule has 0 aromatic carbocycles. The number of nitrogens with one attached hydrogen (secondary N) is 1. The lowest BCUT2D eigenvalue weighted by atomic mass is 9.75. The Labute approximate surface area is 102 Å². The molecule has 1 fully saturated rings. The van der Waals surface area contributed by atoms with Gasteiger partial charge < -0.3 is 9.47 Å². The molecule has 5 heteroatoms. The van der Waals surface area contributed by atoms with Gasteiger partial charge in [0.2, 0.25) is 0 Å². The van der Waals surface area contributed by atoms with Crippen LogP contribution in [-0.2, 0) is 13.0 Å². The Kier molecular flexibility index (Phi) is 3.17. The maximum atomic E-state index is 5.29. The Hall–Kier alpha value is -0.680. The molecule has 0 saturated heterocycles. The van der Waals surface area contributed by atoms with Crippen LogP contribution in [0.2, 0.25) is 0 Å². The van der Waals surface area contributed by atoms with E-state index in [9.17, 15) is 0 Å². The van der Waals surface area contributed by atoms with Gasteiger partial charge in [0.05, 0.1) is 0 Å². The van der Waals surface area contributed by atoms with E-state index in [2.05, 4.69) is 40.7 Å². The first-order valence-corrected chi connectivity index (χ1v) is 6.31. The van der Waals surface area contributed by atoms with E-state index < -0.39 is 0 Å². The smallest absolute Gasteiger partial charge is 0.195 e. The lowest BCUT2D eigenvalue weighted by Crippen LogP contribution is -2.53. The highest BCUT2D eigenvalue weighted by molar-refractivity contribution is 7.71.